The maximum absolute atomic E-state index is 13.2. The lowest BCUT2D eigenvalue weighted by Gasteiger charge is -2.26. The van der Waals surface area contributed by atoms with Crippen molar-refractivity contribution in [3.63, 3.8) is 0 Å². The van der Waals surface area contributed by atoms with Crippen LogP contribution in [0.15, 0.2) is 42.5 Å². The lowest BCUT2D eigenvalue weighted by atomic mass is 10.1. The molecule has 4 amide bonds. The van der Waals surface area contributed by atoms with Gasteiger partial charge in [-0.3, -0.25) is 14.5 Å². The molecule has 2 aromatic carbocycles. The quantitative estimate of drug-likeness (QED) is 0.710. The van der Waals surface area contributed by atoms with E-state index >= 15 is 0 Å². The third-order valence-corrected chi connectivity index (χ3v) is 5.54. The molecule has 0 bridgehead atoms. The van der Waals surface area contributed by atoms with Gasteiger partial charge in [-0.1, -0.05) is 31.5 Å². The normalized spacial score (nSPS) is 13.4. The number of rotatable bonds is 7. The number of aryl methyl sites for hydroxylation is 2. The number of hydrogen-bond donors (Lipinski definition) is 1. The molecule has 2 aromatic rings. The zero-order chi connectivity index (χ0) is 23.3. The minimum Gasteiger partial charge on any atom is -0.315 e. The summed E-state index contributed by atoms with van der Waals surface area (Å²) < 4.78 is 13.2. The largest absolute Gasteiger partial charge is 0.322 e. The Kier molecular flexibility index (Phi) is 7.45. The number of carbonyl (C=O) groups is 3. The molecule has 0 aromatic heterocycles. The molecule has 1 saturated heterocycles. The second kappa shape index (κ2) is 10.3. The number of benzene rings is 2. The summed E-state index contributed by atoms with van der Waals surface area (Å²) in [7, 11) is 0. The van der Waals surface area contributed by atoms with Crippen LogP contribution in [0.2, 0.25) is 0 Å². The summed E-state index contributed by atoms with van der Waals surface area (Å²) >= 11 is 0. The highest BCUT2D eigenvalue weighted by Crippen LogP contribution is 2.21. The van der Waals surface area contributed by atoms with E-state index < -0.39 is 5.82 Å². The van der Waals surface area contributed by atoms with Crippen molar-refractivity contribution < 1.29 is 18.8 Å². The number of hydrogen-bond acceptors (Lipinski definition) is 3. The van der Waals surface area contributed by atoms with Crippen molar-refractivity contribution in [1.29, 1.82) is 0 Å². The predicted octanol–water partition coefficient (Wildman–Crippen LogP) is 3.91. The van der Waals surface area contributed by atoms with Crippen molar-refractivity contribution in [2.75, 3.05) is 36.5 Å². The SMILES string of the molecule is CCCCN(CC(=O)N1CC(=O)N(c2ccc(F)cc2)C1)C(=O)Nc1c(C)cccc1C. The Hall–Kier alpha value is -3.42. The fourth-order valence-electron chi connectivity index (χ4n) is 3.62. The van der Waals surface area contributed by atoms with Crippen molar-refractivity contribution in [2.24, 2.45) is 0 Å². The molecular weight excluding hydrogens is 411 g/mol. The van der Waals surface area contributed by atoms with Gasteiger partial charge in [0, 0.05) is 17.9 Å². The van der Waals surface area contributed by atoms with Gasteiger partial charge in [-0.25, -0.2) is 9.18 Å². The van der Waals surface area contributed by atoms with E-state index in [1.165, 1.54) is 39.0 Å². The van der Waals surface area contributed by atoms with Gasteiger partial charge in [0.15, 0.2) is 0 Å². The van der Waals surface area contributed by atoms with E-state index in [1.54, 1.807) is 0 Å². The average molecular weight is 441 g/mol. The third kappa shape index (κ3) is 5.43. The van der Waals surface area contributed by atoms with E-state index in [9.17, 15) is 18.8 Å². The summed E-state index contributed by atoms with van der Waals surface area (Å²) in [6.45, 7) is 6.17. The molecule has 0 spiro atoms. The molecule has 0 saturated carbocycles. The smallest absolute Gasteiger partial charge is 0.315 e. The lowest BCUT2D eigenvalue weighted by molar-refractivity contribution is -0.132. The molecule has 170 valence electrons. The van der Waals surface area contributed by atoms with E-state index in [0.717, 1.165) is 29.7 Å². The van der Waals surface area contributed by atoms with Gasteiger partial charge >= 0.3 is 6.03 Å². The van der Waals surface area contributed by atoms with E-state index in [1.807, 2.05) is 39.0 Å². The standard InChI is InChI=1S/C24H29FN4O3/c1-4-5-13-27(24(32)26-23-17(2)7-6-8-18(23)3)14-21(30)28-15-22(31)29(16-28)20-11-9-19(25)10-12-20/h6-12H,4-5,13-16H2,1-3H3,(H,26,32). The number of halogens is 1. The van der Waals surface area contributed by atoms with E-state index in [0.29, 0.717) is 12.2 Å². The molecule has 3 rings (SSSR count). The second-order valence-corrected chi connectivity index (χ2v) is 8.00. The molecule has 0 radical (unpaired) electrons. The van der Waals surface area contributed by atoms with Crippen LogP contribution in [0.5, 0.6) is 0 Å². The highest BCUT2D eigenvalue weighted by molar-refractivity contribution is 6.01. The number of nitrogens with one attached hydrogen (secondary N) is 1. The average Bonchev–Trinajstić information content (AvgIpc) is 3.16. The Morgan fingerprint density at radius 3 is 2.38 bits per heavy atom. The molecule has 1 aliphatic rings. The summed E-state index contributed by atoms with van der Waals surface area (Å²) in [5.41, 5.74) is 3.16. The maximum Gasteiger partial charge on any atom is 0.322 e. The van der Waals surface area contributed by atoms with Crippen molar-refractivity contribution in [3.8, 4) is 0 Å². The summed E-state index contributed by atoms with van der Waals surface area (Å²) in [4.78, 5) is 42.7. The topological polar surface area (TPSA) is 73.0 Å². The van der Waals surface area contributed by atoms with Crippen LogP contribution in [0.25, 0.3) is 0 Å². The molecular formula is C24H29FN4O3. The Labute approximate surface area is 187 Å². The van der Waals surface area contributed by atoms with Crippen LogP contribution >= 0.6 is 0 Å². The number of carbonyl (C=O) groups excluding carboxylic acids is 3. The summed E-state index contributed by atoms with van der Waals surface area (Å²) in [6, 6.07) is 11.0. The van der Waals surface area contributed by atoms with Crippen molar-refractivity contribution in [1.82, 2.24) is 9.80 Å². The lowest BCUT2D eigenvalue weighted by Crippen LogP contribution is -2.44. The van der Waals surface area contributed by atoms with Crippen molar-refractivity contribution in [3.05, 3.63) is 59.4 Å². The van der Waals surface area contributed by atoms with Crippen LogP contribution in [-0.2, 0) is 9.59 Å². The molecule has 7 nitrogen and oxygen atoms in total. The molecule has 1 heterocycles. The third-order valence-electron chi connectivity index (χ3n) is 5.54. The highest BCUT2D eigenvalue weighted by atomic mass is 19.1. The summed E-state index contributed by atoms with van der Waals surface area (Å²) in [6.07, 6.45) is 1.63. The zero-order valence-corrected chi connectivity index (χ0v) is 18.7. The van der Waals surface area contributed by atoms with Gasteiger partial charge in [-0.2, -0.15) is 0 Å². The van der Waals surface area contributed by atoms with Crippen LogP contribution in [0, 0.1) is 19.7 Å². The van der Waals surface area contributed by atoms with Crippen LogP contribution in [0.1, 0.15) is 30.9 Å². The fraction of sp³-hybridized carbons (Fsp3) is 0.375. The second-order valence-electron chi connectivity index (χ2n) is 8.00. The predicted molar refractivity (Wildman–Crippen MR) is 122 cm³/mol. The molecule has 0 atom stereocenters. The number of amides is 4. The van der Waals surface area contributed by atoms with Crippen LogP contribution in [0.4, 0.5) is 20.6 Å². The summed E-state index contributed by atoms with van der Waals surface area (Å²) in [5, 5.41) is 2.94. The highest BCUT2D eigenvalue weighted by Gasteiger charge is 2.33. The Morgan fingerprint density at radius 2 is 1.75 bits per heavy atom. The van der Waals surface area contributed by atoms with Crippen LogP contribution < -0.4 is 10.2 Å². The number of para-hydroxylation sites is 1. The first-order valence-corrected chi connectivity index (χ1v) is 10.8. The van der Waals surface area contributed by atoms with Crippen molar-refractivity contribution >= 4 is 29.2 Å². The fourth-order valence-corrected chi connectivity index (χ4v) is 3.62. The van der Waals surface area contributed by atoms with E-state index in [4.69, 9.17) is 0 Å². The van der Waals surface area contributed by atoms with Crippen LogP contribution in [-0.4, -0.2) is 53.9 Å². The van der Waals surface area contributed by atoms with Gasteiger partial charge in [0.2, 0.25) is 11.8 Å². The number of urea groups is 1. The number of anilines is 2. The van der Waals surface area contributed by atoms with E-state index in [2.05, 4.69) is 5.32 Å². The minimum absolute atomic E-state index is 0.0729. The first kappa shape index (κ1) is 23.2. The molecule has 1 aliphatic heterocycles. The summed E-state index contributed by atoms with van der Waals surface area (Å²) in [5.74, 6) is -0.949. The first-order valence-electron chi connectivity index (χ1n) is 10.8. The first-order chi connectivity index (χ1) is 15.3. The molecule has 1 fully saturated rings. The number of unbranched alkanes of at least 4 members (excludes halogenated alkanes) is 1. The van der Waals surface area contributed by atoms with Gasteiger partial charge in [-0.15, -0.1) is 0 Å². The molecule has 8 heteroatoms. The Balaban J connectivity index is 1.68. The monoisotopic (exact) mass is 440 g/mol. The maximum atomic E-state index is 13.2. The molecule has 0 unspecified atom stereocenters. The van der Waals surface area contributed by atoms with Crippen molar-refractivity contribution in [2.45, 2.75) is 33.6 Å². The van der Waals surface area contributed by atoms with Gasteiger partial charge < -0.3 is 15.1 Å². The minimum atomic E-state index is -0.394. The van der Waals surface area contributed by atoms with Gasteiger partial charge in [0.05, 0.1) is 0 Å². The van der Waals surface area contributed by atoms with Gasteiger partial charge in [0.25, 0.3) is 0 Å². The zero-order valence-electron chi connectivity index (χ0n) is 18.7. The molecule has 0 aliphatic carbocycles. The molecule has 1 N–H and O–H groups in total. The number of nitrogens with zero attached hydrogens (tertiary/aromatic N) is 3. The van der Waals surface area contributed by atoms with Crippen LogP contribution in [0.3, 0.4) is 0 Å². The van der Waals surface area contributed by atoms with Gasteiger partial charge in [-0.05, 0) is 55.7 Å². The van der Waals surface area contributed by atoms with Gasteiger partial charge in [0.1, 0.15) is 25.6 Å². The van der Waals surface area contributed by atoms with E-state index in [-0.39, 0.29) is 37.6 Å². The Bertz CT molecular complexity index is 973. The Morgan fingerprint density at radius 1 is 1.09 bits per heavy atom. The molecule has 32 heavy (non-hydrogen) atoms.